The van der Waals surface area contributed by atoms with Crippen molar-refractivity contribution in [2.45, 2.75) is 6.42 Å². The van der Waals surface area contributed by atoms with Crippen LogP contribution in [0.15, 0.2) is 29.8 Å². The third-order valence-corrected chi connectivity index (χ3v) is 2.72. The molecule has 0 radical (unpaired) electrons. The maximum absolute atomic E-state index is 10.4. The number of thiophene rings is 1. The number of carbonyl (C=O) groups excluding carboxylic acids is 1. The van der Waals surface area contributed by atoms with Gasteiger partial charge in [0.05, 0.1) is 0 Å². The second-order valence-electron chi connectivity index (χ2n) is 2.83. The Hall–Kier alpha value is -1.35. The minimum Gasteiger partial charge on any atom is -0.364 e. The summed E-state index contributed by atoms with van der Waals surface area (Å²) in [6.45, 7) is 0. The van der Waals surface area contributed by atoms with Crippen LogP contribution in [0.5, 0.6) is 0 Å². The molecule has 1 N–H and O–H groups in total. The lowest BCUT2D eigenvalue weighted by molar-refractivity contribution is 0.112. The first-order valence-electron chi connectivity index (χ1n) is 4.03. The van der Waals surface area contributed by atoms with Gasteiger partial charge in [-0.1, -0.05) is 6.07 Å². The molecule has 0 bridgehead atoms. The fourth-order valence-corrected chi connectivity index (χ4v) is 1.96. The van der Waals surface area contributed by atoms with Gasteiger partial charge in [0.2, 0.25) is 0 Å². The van der Waals surface area contributed by atoms with Gasteiger partial charge in [0.1, 0.15) is 0 Å². The predicted octanol–water partition coefficient (Wildman–Crippen LogP) is 2.48. The fraction of sp³-hybridized carbons (Fsp3) is 0.100. The van der Waals surface area contributed by atoms with Crippen molar-refractivity contribution in [2.75, 3.05) is 0 Å². The molecule has 13 heavy (non-hydrogen) atoms. The molecule has 0 atom stereocenters. The van der Waals surface area contributed by atoms with E-state index in [9.17, 15) is 4.79 Å². The molecule has 2 aromatic rings. The molecular formula is C10H9NOS. The smallest absolute Gasteiger partial charge is 0.151 e. The lowest BCUT2D eigenvalue weighted by Crippen LogP contribution is -1.82. The molecule has 0 aliphatic heterocycles. The van der Waals surface area contributed by atoms with Gasteiger partial charge in [-0.25, -0.2) is 0 Å². The molecule has 0 spiro atoms. The lowest BCUT2D eigenvalue weighted by atomic mass is 10.2. The second kappa shape index (κ2) is 3.58. The molecule has 0 saturated carbocycles. The van der Waals surface area contributed by atoms with Crippen LogP contribution in [0.2, 0.25) is 0 Å². The van der Waals surface area contributed by atoms with Crippen molar-refractivity contribution in [3.05, 3.63) is 45.9 Å². The first-order valence-corrected chi connectivity index (χ1v) is 4.91. The molecule has 66 valence electrons. The molecular weight excluding hydrogens is 182 g/mol. The van der Waals surface area contributed by atoms with Gasteiger partial charge in [-0.05, 0) is 17.5 Å². The van der Waals surface area contributed by atoms with Crippen LogP contribution in [0, 0.1) is 0 Å². The average Bonchev–Trinajstić information content (AvgIpc) is 2.76. The van der Waals surface area contributed by atoms with Crippen molar-refractivity contribution in [3.63, 3.8) is 0 Å². The third kappa shape index (κ3) is 1.87. The molecule has 2 rings (SSSR count). The largest absolute Gasteiger partial charge is 0.364 e. The first kappa shape index (κ1) is 8.26. The Morgan fingerprint density at radius 2 is 2.46 bits per heavy atom. The Morgan fingerprint density at radius 1 is 1.54 bits per heavy atom. The summed E-state index contributed by atoms with van der Waals surface area (Å²) in [5, 5.41) is 2.05. The Morgan fingerprint density at radius 3 is 3.08 bits per heavy atom. The number of carbonyl (C=O) groups is 1. The minimum atomic E-state index is 0.714. The highest BCUT2D eigenvalue weighted by Crippen LogP contribution is 2.14. The van der Waals surface area contributed by atoms with Crippen LogP contribution < -0.4 is 0 Å². The van der Waals surface area contributed by atoms with E-state index in [4.69, 9.17) is 0 Å². The van der Waals surface area contributed by atoms with Crippen molar-refractivity contribution >= 4 is 17.6 Å². The van der Waals surface area contributed by atoms with Gasteiger partial charge in [0, 0.05) is 28.8 Å². The number of aromatic amines is 1. The molecule has 2 heterocycles. The van der Waals surface area contributed by atoms with Crippen LogP contribution >= 0.6 is 11.3 Å². The molecule has 0 saturated heterocycles. The number of nitrogens with one attached hydrogen (secondary N) is 1. The number of aromatic nitrogens is 1. The Balaban J connectivity index is 2.14. The normalized spacial score (nSPS) is 10.2. The number of rotatable bonds is 3. The number of hydrogen-bond donors (Lipinski definition) is 1. The van der Waals surface area contributed by atoms with E-state index in [1.165, 1.54) is 4.88 Å². The quantitative estimate of drug-likeness (QED) is 0.743. The number of H-pyrrole nitrogens is 1. The molecule has 0 aromatic carbocycles. The summed E-state index contributed by atoms with van der Waals surface area (Å²) < 4.78 is 0. The van der Waals surface area contributed by atoms with E-state index in [0.717, 1.165) is 18.4 Å². The molecule has 2 nitrogen and oxygen atoms in total. The summed E-state index contributed by atoms with van der Waals surface area (Å²) in [7, 11) is 0. The average molecular weight is 191 g/mol. The fourth-order valence-electron chi connectivity index (χ4n) is 1.23. The standard InChI is InChI=1S/C10H9NOS/c12-7-8-4-9(11-6-8)5-10-2-1-3-13-10/h1-4,6-7,11H,5H2. The highest BCUT2D eigenvalue weighted by molar-refractivity contribution is 7.09. The molecule has 0 aliphatic carbocycles. The van der Waals surface area contributed by atoms with Crippen LogP contribution in [-0.4, -0.2) is 11.3 Å². The van der Waals surface area contributed by atoms with Crippen LogP contribution in [0.4, 0.5) is 0 Å². The molecule has 3 heteroatoms. The van der Waals surface area contributed by atoms with E-state index in [0.29, 0.717) is 5.56 Å². The second-order valence-corrected chi connectivity index (χ2v) is 3.86. The maximum Gasteiger partial charge on any atom is 0.151 e. The van der Waals surface area contributed by atoms with Gasteiger partial charge in [0.25, 0.3) is 0 Å². The third-order valence-electron chi connectivity index (χ3n) is 1.85. The van der Waals surface area contributed by atoms with Gasteiger partial charge in [-0.3, -0.25) is 4.79 Å². The lowest BCUT2D eigenvalue weighted by Gasteiger charge is -1.91. The Kier molecular flexibility index (Phi) is 2.27. The Labute approximate surface area is 80.2 Å². The maximum atomic E-state index is 10.4. The van der Waals surface area contributed by atoms with Crippen molar-refractivity contribution < 1.29 is 4.79 Å². The van der Waals surface area contributed by atoms with E-state index in [1.54, 1.807) is 17.5 Å². The van der Waals surface area contributed by atoms with Crippen molar-refractivity contribution in [1.82, 2.24) is 4.98 Å². The van der Waals surface area contributed by atoms with E-state index >= 15 is 0 Å². The number of aldehydes is 1. The zero-order valence-corrected chi connectivity index (χ0v) is 7.80. The van der Waals surface area contributed by atoms with Gasteiger partial charge in [-0.2, -0.15) is 0 Å². The van der Waals surface area contributed by atoms with Gasteiger partial charge in [0.15, 0.2) is 6.29 Å². The summed E-state index contributed by atoms with van der Waals surface area (Å²) in [5.41, 5.74) is 1.80. The van der Waals surface area contributed by atoms with Crippen molar-refractivity contribution in [3.8, 4) is 0 Å². The summed E-state index contributed by atoms with van der Waals surface area (Å²) in [6, 6.07) is 6.00. The zero-order valence-electron chi connectivity index (χ0n) is 6.99. The van der Waals surface area contributed by atoms with Crippen molar-refractivity contribution in [2.24, 2.45) is 0 Å². The molecule has 0 amide bonds. The predicted molar refractivity (Wildman–Crippen MR) is 53.3 cm³/mol. The summed E-state index contributed by atoms with van der Waals surface area (Å²) >= 11 is 1.73. The minimum absolute atomic E-state index is 0.714. The van der Waals surface area contributed by atoms with Crippen LogP contribution in [0.25, 0.3) is 0 Å². The van der Waals surface area contributed by atoms with Crippen molar-refractivity contribution in [1.29, 1.82) is 0 Å². The van der Waals surface area contributed by atoms with E-state index in [1.807, 2.05) is 12.1 Å². The van der Waals surface area contributed by atoms with Gasteiger partial charge >= 0.3 is 0 Å². The SMILES string of the molecule is O=Cc1c[nH]c(Cc2cccs2)c1. The van der Waals surface area contributed by atoms with Crippen LogP contribution in [0.1, 0.15) is 20.9 Å². The molecule has 0 aliphatic rings. The first-order chi connectivity index (χ1) is 6.38. The highest BCUT2D eigenvalue weighted by atomic mass is 32.1. The van der Waals surface area contributed by atoms with Gasteiger partial charge in [-0.15, -0.1) is 11.3 Å². The van der Waals surface area contributed by atoms with Gasteiger partial charge < -0.3 is 4.98 Å². The van der Waals surface area contributed by atoms with E-state index in [-0.39, 0.29) is 0 Å². The molecule has 0 unspecified atom stereocenters. The van der Waals surface area contributed by atoms with Crippen LogP contribution in [-0.2, 0) is 6.42 Å². The molecule has 0 fully saturated rings. The summed E-state index contributed by atoms with van der Waals surface area (Å²) in [6.07, 6.45) is 3.47. The van der Waals surface area contributed by atoms with E-state index in [2.05, 4.69) is 16.4 Å². The Bertz CT molecular complexity index is 389. The monoisotopic (exact) mass is 191 g/mol. The highest BCUT2D eigenvalue weighted by Gasteiger charge is 1.99. The summed E-state index contributed by atoms with van der Waals surface area (Å²) in [4.78, 5) is 14.8. The topological polar surface area (TPSA) is 32.9 Å². The zero-order chi connectivity index (χ0) is 9.10. The van der Waals surface area contributed by atoms with Crippen LogP contribution in [0.3, 0.4) is 0 Å². The molecule has 2 aromatic heterocycles. The summed E-state index contributed by atoms with van der Waals surface area (Å²) in [5.74, 6) is 0. The number of hydrogen-bond acceptors (Lipinski definition) is 2. The van der Waals surface area contributed by atoms with E-state index < -0.39 is 0 Å².